The van der Waals surface area contributed by atoms with Gasteiger partial charge in [-0.05, 0) is 0 Å². The van der Waals surface area contributed by atoms with Crippen LogP contribution in [0, 0.1) is 0 Å². The molecule has 50 valence electrons. The van der Waals surface area contributed by atoms with E-state index in [0.717, 1.165) is 0 Å². The Hall–Kier alpha value is 0.300. The van der Waals surface area contributed by atoms with Gasteiger partial charge in [0, 0.05) is 45.6 Å². The van der Waals surface area contributed by atoms with Crippen molar-refractivity contribution in [3.8, 4) is 0 Å². The number of hydrogen-bond donors (Lipinski definition) is 0. The van der Waals surface area contributed by atoms with E-state index in [1.165, 1.54) is 0 Å². The number of hydrogen-bond acceptors (Lipinski definition) is 2. The second-order valence-corrected chi connectivity index (χ2v) is 4.66. The van der Waals surface area contributed by atoms with E-state index in [1.807, 2.05) is 0 Å². The van der Waals surface area contributed by atoms with Crippen molar-refractivity contribution in [2.24, 2.45) is 0 Å². The highest BCUT2D eigenvalue weighted by Gasteiger charge is 1.92. The molecule has 0 aromatic rings. The maximum Gasteiger partial charge on any atom is 0.0347 e. The van der Waals surface area contributed by atoms with Crippen LogP contribution in [-0.4, -0.2) is 32.4 Å². The summed E-state index contributed by atoms with van der Waals surface area (Å²) in [4.78, 5) is 0. The van der Waals surface area contributed by atoms with Crippen molar-refractivity contribution in [3.63, 3.8) is 0 Å². The van der Waals surface area contributed by atoms with Crippen LogP contribution in [0.4, 0.5) is 0 Å². The van der Waals surface area contributed by atoms with Gasteiger partial charge in [0.25, 0.3) is 0 Å². The molecule has 0 amide bonds. The summed E-state index contributed by atoms with van der Waals surface area (Å²) in [7, 11) is -1.56. The van der Waals surface area contributed by atoms with Crippen LogP contribution in [-0.2, 0) is 21.6 Å². The Morgan fingerprint density at radius 3 is 1.38 bits per heavy atom. The van der Waals surface area contributed by atoms with Gasteiger partial charge in [-0.25, -0.2) is 0 Å². The van der Waals surface area contributed by atoms with E-state index in [4.69, 9.17) is 0 Å². The average Bonchev–Trinajstić information content (AvgIpc) is 1.61. The van der Waals surface area contributed by atoms with Crippen LogP contribution >= 0.6 is 0 Å². The molecule has 0 N–H and O–H groups in total. The quantitative estimate of drug-likeness (QED) is 0.561. The Bertz CT molecular complexity index is 96.6. The first kappa shape index (κ1) is 8.30. The molecule has 0 aliphatic heterocycles. The third-order valence-corrected chi connectivity index (χ3v) is 2.47. The number of rotatable bonds is 3. The molecule has 0 aliphatic carbocycles. The van der Waals surface area contributed by atoms with Gasteiger partial charge in [0.2, 0.25) is 0 Å². The van der Waals surface area contributed by atoms with Crippen LogP contribution in [0.15, 0.2) is 0 Å². The van der Waals surface area contributed by atoms with Crippen molar-refractivity contribution in [2.75, 3.05) is 24.0 Å². The molecular weight excluding hydrogens is 144 g/mol. The maximum atomic E-state index is 10.3. The Kier molecular flexibility index (Phi) is 4.36. The Balaban J connectivity index is 3.18. The first-order chi connectivity index (χ1) is 3.63. The summed E-state index contributed by atoms with van der Waals surface area (Å²) in [6.07, 6.45) is 3.24. The van der Waals surface area contributed by atoms with Crippen LogP contribution in [0.2, 0.25) is 0 Å². The van der Waals surface area contributed by atoms with E-state index >= 15 is 0 Å². The largest absolute Gasteiger partial charge is 0.260 e. The summed E-state index contributed by atoms with van der Waals surface area (Å²) in [6.45, 7) is 0. The minimum atomic E-state index is -0.779. The smallest absolute Gasteiger partial charge is 0.0347 e. The van der Waals surface area contributed by atoms with Gasteiger partial charge in [-0.3, -0.25) is 8.42 Å². The molecule has 0 fully saturated rings. The van der Waals surface area contributed by atoms with E-state index in [9.17, 15) is 8.42 Å². The molecule has 2 nitrogen and oxygen atoms in total. The lowest BCUT2D eigenvalue weighted by Gasteiger charge is -1.89. The standard InChI is InChI=1S/C4H10O2S2/c1-7(5)3-4-8(2)6/h3-4H2,1-2H3/t7-,8+. The van der Waals surface area contributed by atoms with Gasteiger partial charge >= 0.3 is 0 Å². The van der Waals surface area contributed by atoms with Crippen LogP contribution in [0.5, 0.6) is 0 Å². The molecule has 0 saturated carbocycles. The zero-order chi connectivity index (χ0) is 6.57. The first-order valence-corrected chi connectivity index (χ1v) is 5.68. The van der Waals surface area contributed by atoms with E-state index in [-0.39, 0.29) is 0 Å². The zero-order valence-corrected chi connectivity index (χ0v) is 6.68. The van der Waals surface area contributed by atoms with Gasteiger partial charge in [0.15, 0.2) is 0 Å². The molecule has 0 aliphatic rings. The van der Waals surface area contributed by atoms with Gasteiger partial charge in [-0.1, -0.05) is 0 Å². The Morgan fingerprint density at radius 1 is 1.00 bits per heavy atom. The van der Waals surface area contributed by atoms with E-state index < -0.39 is 21.6 Å². The average molecular weight is 154 g/mol. The third kappa shape index (κ3) is 6.30. The molecule has 0 rings (SSSR count). The highest BCUT2D eigenvalue weighted by Crippen LogP contribution is 1.77. The molecule has 0 bridgehead atoms. The predicted octanol–water partition coefficient (Wildman–Crippen LogP) is -0.257. The molecule has 0 aromatic carbocycles. The van der Waals surface area contributed by atoms with Crippen LogP contribution in [0.25, 0.3) is 0 Å². The molecule has 0 saturated heterocycles. The molecule has 4 heteroatoms. The van der Waals surface area contributed by atoms with Crippen LogP contribution in [0.3, 0.4) is 0 Å². The molecule has 0 radical (unpaired) electrons. The minimum Gasteiger partial charge on any atom is -0.260 e. The lowest BCUT2D eigenvalue weighted by atomic mass is 11.0. The third-order valence-electron chi connectivity index (χ3n) is 0.658. The lowest BCUT2D eigenvalue weighted by Crippen LogP contribution is -2.04. The van der Waals surface area contributed by atoms with Gasteiger partial charge in [0.05, 0.1) is 0 Å². The summed E-state index contributed by atoms with van der Waals surface area (Å²) in [5.41, 5.74) is 0. The van der Waals surface area contributed by atoms with Crippen molar-refractivity contribution in [2.45, 2.75) is 0 Å². The summed E-state index contributed by atoms with van der Waals surface area (Å²) in [6, 6.07) is 0. The second kappa shape index (κ2) is 4.21. The minimum absolute atomic E-state index is 0.559. The fraction of sp³-hybridized carbons (Fsp3) is 1.00. The van der Waals surface area contributed by atoms with E-state index in [2.05, 4.69) is 0 Å². The van der Waals surface area contributed by atoms with Gasteiger partial charge in [-0.2, -0.15) is 0 Å². The van der Waals surface area contributed by atoms with Gasteiger partial charge in [-0.15, -0.1) is 0 Å². The van der Waals surface area contributed by atoms with E-state index in [0.29, 0.717) is 11.5 Å². The Labute approximate surface area is 54.6 Å². The fourth-order valence-electron chi connectivity index (χ4n) is 0.235. The summed E-state index contributed by atoms with van der Waals surface area (Å²) < 4.78 is 20.6. The van der Waals surface area contributed by atoms with Crippen molar-refractivity contribution >= 4 is 21.6 Å². The molecule has 0 aromatic heterocycles. The van der Waals surface area contributed by atoms with Crippen molar-refractivity contribution < 1.29 is 8.42 Å². The van der Waals surface area contributed by atoms with Crippen LogP contribution in [0.1, 0.15) is 0 Å². The molecule has 0 spiro atoms. The summed E-state index contributed by atoms with van der Waals surface area (Å²) >= 11 is 0. The van der Waals surface area contributed by atoms with Gasteiger partial charge < -0.3 is 0 Å². The molecular formula is C4H10O2S2. The molecule has 8 heavy (non-hydrogen) atoms. The monoisotopic (exact) mass is 154 g/mol. The topological polar surface area (TPSA) is 34.1 Å². The van der Waals surface area contributed by atoms with Gasteiger partial charge in [0.1, 0.15) is 0 Å². The van der Waals surface area contributed by atoms with Crippen LogP contribution < -0.4 is 0 Å². The normalized spacial score (nSPS) is 17.8. The maximum absolute atomic E-state index is 10.3. The SMILES string of the molecule is C[S@](=O)CC[S@@](C)=O. The fourth-order valence-corrected chi connectivity index (χ4v) is 2.11. The molecule has 0 unspecified atom stereocenters. The van der Waals surface area contributed by atoms with Crippen molar-refractivity contribution in [1.29, 1.82) is 0 Å². The van der Waals surface area contributed by atoms with Crippen molar-refractivity contribution in [1.82, 2.24) is 0 Å². The summed E-state index contributed by atoms with van der Waals surface area (Å²) in [5, 5.41) is 0. The summed E-state index contributed by atoms with van der Waals surface area (Å²) in [5.74, 6) is 1.12. The lowest BCUT2D eigenvalue weighted by molar-refractivity contribution is 0.682. The van der Waals surface area contributed by atoms with E-state index in [1.54, 1.807) is 12.5 Å². The predicted molar refractivity (Wildman–Crippen MR) is 37.9 cm³/mol. The highest BCUT2D eigenvalue weighted by molar-refractivity contribution is 7.88. The zero-order valence-electron chi connectivity index (χ0n) is 5.05. The molecule has 0 heterocycles. The highest BCUT2D eigenvalue weighted by atomic mass is 32.2. The molecule has 2 atom stereocenters. The van der Waals surface area contributed by atoms with Crippen molar-refractivity contribution in [3.05, 3.63) is 0 Å². The first-order valence-electron chi connectivity index (χ1n) is 2.23. The second-order valence-electron chi connectivity index (χ2n) is 1.55. The Morgan fingerprint density at radius 2 is 1.25 bits per heavy atom.